The molecule has 1 fully saturated rings. The number of ether oxygens (including phenoxy) is 1. The Morgan fingerprint density at radius 1 is 0.939 bits per heavy atom. The Kier molecular flexibility index (Phi) is 8.17. The van der Waals surface area contributed by atoms with Crippen LogP contribution in [0, 0.1) is 26.2 Å². The van der Waals surface area contributed by atoms with Crippen molar-refractivity contribution < 1.29 is 19.1 Å². The van der Waals surface area contributed by atoms with Crippen molar-refractivity contribution in [2.45, 2.75) is 92.9 Å². The quantitative estimate of drug-likeness (QED) is 0.192. The average Bonchev–Trinajstić information content (AvgIpc) is 3.41. The zero-order chi connectivity index (χ0) is 34.8. The van der Waals surface area contributed by atoms with Crippen molar-refractivity contribution in [3.8, 4) is 11.1 Å². The van der Waals surface area contributed by atoms with Crippen LogP contribution >= 0.6 is 0 Å². The van der Waals surface area contributed by atoms with Crippen LogP contribution in [0.3, 0.4) is 0 Å². The maximum Gasteiger partial charge on any atom is 0.337 e. The van der Waals surface area contributed by atoms with E-state index >= 15 is 0 Å². The number of carbonyl (C=O) groups is 1. The van der Waals surface area contributed by atoms with E-state index in [0.29, 0.717) is 17.8 Å². The summed E-state index contributed by atoms with van der Waals surface area (Å²) in [7, 11) is 0. The molecule has 5 aromatic rings. The van der Waals surface area contributed by atoms with Gasteiger partial charge in [-0.25, -0.2) is 14.8 Å². The standard InChI is InChI=1S/C40H47N5O4/c1-23-31(34(44-19-16-40(7,8)17-20-44)32(24(2)41-23)35(38(46)47)49-39(4,5)6)27-13-14-28-22-45(18-15-26(28)21-27)37-36-33(42-25(3)43-37)29-11-9-10-12-30(29)48-36/h9-14,21,35H,15-20,22H2,1-8H3,(H,46,47). The molecule has 5 heterocycles. The number of rotatable bonds is 6. The fourth-order valence-electron chi connectivity index (χ4n) is 7.54. The van der Waals surface area contributed by atoms with Crippen LogP contribution < -0.4 is 9.80 Å². The third-order valence-corrected chi connectivity index (χ3v) is 10.1. The molecule has 49 heavy (non-hydrogen) atoms. The van der Waals surface area contributed by atoms with Crippen molar-refractivity contribution in [3.63, 3.8) is 0 Å². The number of carboxylic acids is 1. The largest absolute Gasteiger partial charge is 0.479 e. The van der Waals surface area contributed by atoms with E-state index < -0.39 is 17.7 Å². The maximum absolute atomic E-state index is 12.9. The SMILES string of the molecule is Cc1nc(N2CCc3cc(-c4c(C)nc(C)c(C(OC(C)(C)C)C(=O)O)c4N4CCC(C)(C)CC4)ccc3C2)c2oc3ccccc3c2n1. The molecule has 2 aliphatic heterocycles. The van der Waals surface area contributed by atoms with Gasteiger partial charge in [-0.3, -0.25) is 4.98 Å². The number of aliphatic carboxylic acids is 1. The molecule has 9 nitrogen and oxygen atoms in total. The van der Waals surface area contributed by atoms with E-state index in [1.54, 1.807) is 0 Å². The predicted octanol–water partition coefficient (Wildman–Crippen LogP) is 8.49. The van der Waals surface area contributed by atoms with Crippen LogP contribution in [0.2, 0.25) is 0 Å². The van der Waals surface area contributed by atoms with Gasteiger partial charge in [0.2, 0.25) is 0 Å². The van der Waals surface area contributed by atoms with Gasteiger partial charge in [-0.15, -0.1) is 0 Å². The summed E-state index contributed by atoms with van der Waals surface area (Å²) in [6.45, 7) is 19.4. The first-order valence-electron chi connectivity index (χ1n) is 17.4. The molecule has 1 saturated heterocycles. The molecule has 0 aliphatic carbocycles. The van der Waals surface area contributed by atoms with Crippen LogP contribution in [0.1, 0.15) is 87.5 Å². The minimum Gasteiger partial charge on any atom is -0.479 e. The Morgan fingerprint density at radius 2 is 1.67 bits per heavy atom. The summed E-state index contributed by atoms with van der Waals surface area (Å²) in [6, 6.07) is 14.7. The van der Waals surface area contributed by atoms with E-state index in [4.69, 9.17) is 24.1 Å². The van der Waals surface area contributed by atoms with E-state index in [-0.39, 0.29) is 5.41 Å². The molecule has 0 spiro atoms. The number of carboxylic acid groups (broad SMARTS) is 1. The molecule has 9 heteroatoms. The van der Waals surface area contributed by atoms with E-state index in [1.165, 1.54) is 11.1 Å². The van der Waals surface area contributed by atoms with E-state index in [9.17, 15) is 9.90 Å². The van der Waals surface area contributed by atoms with Gasteiger partial charge in [0.1, 0.15) is 16.9 Å². The van der Waals surface area contributed by atoms with Crippen LogP contribution in [-0.4, -0.2) is 51.3 Å². The molecule has 0 amide bonds. The topological polar surface area (TPSA) is 105 Å². The van der Waals surface area contributed by atoms with Crippen LogP contribution in [0.4, 0.5) is 11.5 Å². The van der Waals surface area contributed by atoms with Gasteiger partial charge in [-0.1, -0.05) is 44.2 Å². The third-order valence-electron chi connectivity index (χ3n) is 10.1. The van der Waals surface area contributed by atoms with Crippen LogP contribution in [-0.2, 0) is 22.5 Å². The average molecular weight is 662 g/mol. The van der Waals surface area contributed by atoms with Gasteiger partial charge in [-0.2, -0.15) is 0 Å². The first-order valence-corrected chi connectivity index (χ1v) is 17.4. The molecule has 1 atom stereocenters. The van der Waals surface area contributed by atoms with E-state index in [0.717, 1.165) is 95.1 Å². The number of anilines is 2. The lowest BCUT2D eigenvalue weighted by Crippen LogP contribution is -2.39. The zero-order valence-corrected chi connectivity index (χ0v) is 30.0. The number of furan rings is 1. The number of nitrogens with zero attached hydrogens (tertiary/aromatic N) is 5. The van der Waals surface area contributed by atoms with Crippen molar-refractivity contribution in [1.82, 2.24) is 15.0 Å². The van der Waals surface area contributed by atoms with Gasteiger partial charge in [0, 0.05) is 54.1 Å². The number of para-hydroxylation sites is 1. The molecule has 0 saturated carbocycles. The Balaban J connectivity index is 1.31. The van der Waals surface area contributed by atoms with Gasteiger partial charge in [0.15, 0.2) is 17.5 Å². The first-order chi connectivity index (χ1) is 23.2. The number of aromatic nitrogens is 3. The highest BCUT2D eigenvalue weighted by atomic mass is 16.5. The summed E-state index contributed by atoms with van der Waals surface area (Å²) in [5.74, 6) is 0.542. The van der Waals surface area contributed by atoms with Gasteiger partial charge in [-0.05, 0) is 95.0 Å². The van der Waals surface area contributed by atoms with Crippen molar-refractivity contribution >= 4 is 39.5 Å². The lowest BCUT2D eigenvalue weighted by atomic mass is 9.81. The molecule has 0 bridgehead atoms. The highest BCUT2D eigenvalue weighted by Gasteiger charge is 2.37. The van der Waals surface area contributed by atoms with Crippen molar-refractivity contribution in [2.24, 2.45) is 5.41 Å². The summed E-state index contributed by atoms with van der Waals surface area (Å²) in [4.78, 5) is 32.2. The molecule has 2 aliphatic rings. The minimum absolute atomic E-state index is 0.232. The minimum atomic E-state index is -1.14. The molecule has 2 aromatic carbocycles. The molecule has 1 N–H and O–H groups in total. The Morgan fingerprint density at radius 3 is 2.39 bits per heavy atom. The fourth-order valence-corrected chi connectivity index (χ4v) is 7.54. The lowest BCUT2D eigenvalue weighted by molar-refractivity contribution is -0.160. The monoisotopic (exact) mass is 661 g/mol. The third kappa shape index (κ3) is 6.25. The molecular formula is C40H47N5O4. The lowest BCUT2D eigenvalue weighted by Gasteiger charge is -2.41. The number of aryl methyl sites for hydroxylation is 3. The molecule has 256 valence electrons. The second-order valence-electron chi connectivity index (χ2n) is 15.5. The van der Waals surface area contributed by atoms with E-state index in [1.807, 2.05) is 65.8 Å². The second kappa shape index (κ2) is 12.1. The normalized spacial score (nSPS) is 17.1. The van der Waals surface area contributed by atoms with E-state index in [2.05, 4.69) is 41.8 Å². The zero-order valence-electron chi connectivity index (χ0n) is 30.0. The van der Waals surface area contributed by atoms with Gasteiger partial charge in [0.25, 0.3) is 0 Å². The summed E-state index contributed by atoms with van der Waals surface area (Å²) in [5, 5.41) is 11.6. The highest BCUT2D eigenvalue weighted by molar-refractivity contribution is 6.05. The Hall–Kier alpha value is -4.50. The van der Waals surface area contributed by atoms with Crippen LogP contribution in [0.25, 0.3) is 33.2 Å². The highest BCUT2D eigenvalue weighted by Crippen LogP contribution is 2.45. The predicted molar refractivity (Wildman–Crippen MR) is 194 cm³/mol. The smallest absolute Gasteiger partial charge is 0.337 e. The van der Waals surface area contributed by atoms with Gasteiger partial charge >= 0.3 is 5.97 Å². The summed E-state index contributed by atoms with van der Waals surface area (Å²) >= 11 is 0. The summed E-state index contributed by atoms with van der Waals surface area (Å²) in [6.07, 6.45) is 1.72. The number of piperidine rings is 1. The summed E-state index contributed by atoms with van der Waals surface area (Å²) < 4.78 is 12.6. The van der Waals surface area contributed by atoms with Crippen molar-refractivity contribution in [2.75, 3.05) is 29.4 Å². The van der Waals surface area contributed by atoms with Gasteiger partial charge < -0.3 is 24.1 Å². The van der Waals surface area contributed by atoms with Crippen molar-refractivity contribution in [1.29, 1.82) is 0 Å². The maximum atomic E-state index is 12.9. The van der Waals surface area contributed by atoms with Crippen LogP contribution in [0.15, 0.2) is 46.9 Å². The molecule has 7 rings (SSSR count). The molecule has 0 radical (unpaired) electrons. The van der Waals surface area contributed by atoms with Gasteiger partial charge in [0.05, 0.1) is 11.3 Å². The second-order valence-corrected chi connectivity index (χ2v) is 15.5. The number of hydrogen-bond donors (Lipinski definition) is 1. The Labute approximate surface area is 288 Å². The molecule has 1 unspecified atom stereocenters. The van der Waals surface area contributed by atoms with Crippen molar-refractivity contribution in [3.05, 3.63) is 76.4 Å². The number of pyridine rings is 1. The van der Waals surface area contributed by atoms with Crippen LogP contribution in [0.5, 0.6) is 0 Å². The number of fused-ring (bicyclic) bond motifs is 4. The summed E-state index contributed by atoms with van der Waals surface area (Å²) in [5.41, 5.74) is 9.69. The molecular weight excluding hydrogens is 614 g/mol. The molecule has 3 aromatic heterocycles. The first kappa shape index (κ1) is 33.0. The number of benzene rings is 2. The number of hydrogen-bond acceptors (Lipinski definition) is 8. The Bertz CT molecular complexity index is 2080. The fraction of sp³-hybridized carbons (Fsp3) is 0.450.